The van der Waals surface area contributed by atoms with Crippen molar-refractivity contribution in [1.29, 1.82) is 0 Å². The van der Waals surface area contributed by atoms with Crippen LogP contribution < -0.4 is 10.7 Å². The fraction of sp³-hybridized carbons (Fsp3) is 0.176. The summed E-state index contributed by atoms with van der Waals surface area (Å²) in [6.07, 6.45) is -4.42. The summed E-state index contributed by atoms with van der Waals surface area (Å²) >= 11 is 0. The summed E-state index contributed by atoms with van der Waals surface area (Å²) in [5, 5.41) is 6.60. The first kappa shape index (κ1) is 17.5. The average molecular weight is 335 g/mol. The number of hydrogen-bond donors (Lipinski definition) is 2. The third kappa shape index (κ3) is 5.12. The van der Waals surface area contributed by atoms with E-state index in [2.05, 4.69) is 15.8 Å². The van der Waals surface area contributed by atoms with Crippen LogP contribution >= 0.6 is 0 Å². The molecule has 0 aliphatic heterocycles. The number of hydrazone groups is 1. The third-order valence-corrected chi connectivity index (χ3v) is 3.18. The maximum Gasteiger partial charge on any atom is 0.416 e. The van der Waals surface area contributed by atoms with Gasteiger partial charge in [0, 0.05) is 5.69 Å². The molecule has 0 aliphatic rings. The third-order valence-electron chi connectivity index (χ3n) is 3.18. The average Bonchev–Trinajstić information content (AvgIpc) is 2.58. The first-order valence-electron chi connectivity index (χ1n) is 7.16. The Labute approximate surface area is 137 Å². The molecule has 2 aromatic carbocycles. The number of nitrogens with one attached hydrogen (secondary N) is 2. The Hall–Kier alpha value is -2.83. The van der Waals surface area contributed by atoms with Crippen LogP contribution in [0.4, 0.5) is 18.9 Å². The van der Waals surface area contributed by atoms with Crippen LogP contribution in [0.25, 0.3) is 0 Å². The molecule has 0 spiro atoms. The smallest absolute Gasteiger partial charge is 0.376 e. The van der Waals surface area contributed by atoms with Gasteiger partial charge in [-0.15, -0.1) is 0 Å². The second kappa shape index (κ2) is 7.63. The van der Waals surface area contributed by atoms with Crippen molar-refractivity contribution in [1.82, 2.24) is 5.43 Å². The second-order valence-electron chi connectivity index (χ2n) is 5.03. The molecule has 2 aromatic rings. The zero-order valence-corrected chi connectivity index (χ0v) is 12.9. The lowest BCUT2D eigenvalue weighted by molar-refractivity contribution is -0.137. The molecule has 24 heavy (non-hydrogen) atoms. The van der Waals surface area contributed by atoms with E-state index >= 15 is 0 Å². The van der Waals surface area contributed by atoms with Crippen molar-refractivity contribution < 1.29 is 18.0 Å². The molecule has 0 aliphatic carbocycles. The molecule has 0 fully saturated rings. The van der Waals surface area contributed by atoms with Gasteiger partial charge in [-0.25, -0.2) is 5.43 Å². The van der Waals surface area contributed by atoms with Gasteiger partial charge in [-0.3, -0.25) is 4.79 Å². The van der Waals surface area contributed by atoms with Gasteiger partial charge < -0.3 is 5.32 Å². The quantitative estimate of drug-likeness (QED) is 0.647. The summed E-state index contributed by atoms with van der Waals surface area (Å²) in [5.41, 5.74) is 3.29. The second-order valence-corrected chi connectivity index (χ2v) is 5.03. The van der Waals surface area contributed by atoms with Crippen molar-refractivity contribution in [3.05, 3.63) is 65.7 Å². The van der Waals surface area contributed by atoms with Crippen LogP contribution in [-0.4, -0.2) is 18.2 Å². The first-order chi connectivity index (χ1) is 11.4. The SMILES string of the molecule is C/C(=N/NC(=O)CNc1cccc(C(F)(F)F)c1)c1ccccc1. The highest BCUT2D eigenvalue weighted by molar-refractivity contribution is 5.99. The van der Waals surface area contributed by atoms with E-state index in [1.165, 1.54) is 12.1 Å². The summed E-state index contributed by atoms with van der Waals surface area (Å²) in [6, 6.07) is 13.9. The number of carbonyl (C=O) groups excluding carboxylic acids is 1. The van der Waals surface area contributed by atoms with Crippen molar-refractivity contribution in [3.8, 4) is 0 Å². The van der Waals surface area contributed by atoms with E-state index in [4.69, 9.17) is 0 Å². The first-order valence-corrected chi connectivity index (χ1v) is 7.16. The molecule has 2 N–H and O–H groups in total. The molecular weight excluding hydrogens is 319 g/mol. The van der Waals surface area contributed by atoms with E-state index in [1.54, 1.807) is 6.92 Å². The molecule has 0 saturated heterocycles. The Morgan fingerprint density at radius 2 is 1.79 bits per heavy atom. The minimum Gasteiger partial charge on any atom is -0.376 e. The number of carbonyl (C=O) groups is 1. The van der Waals surface area contributed by atoms with Crippen molar-refractivity contribution >= 4 is 17.3 Å². The molecule has 0 saturated carbocycles. The standard InChI is InChI=1S/C17H16F3N3O/c1-12(13-6-3-2-4-7-13)22-23-16(24)11-21-15-9-5-8-14(10-15)17(18,19)20/h2-10,21H,11H2,1H3,(H,23,24)/b22-12-. The zero-order chi connectivity index (χ0) is 17.6. The van der Waals surface area contributed by atoms with Crippen LogP contribution in [0.1, 0.15) is 18.1 Å². The summed E-state index contributed by atoms with van der Waals surface area (Å²) in [4.78, 5) is 11.7. The maximum absolute atomic E-state index is 12.6. The van der Waals surface area contributed by atoms with Gasteiger partial charge in [0.2, 0.25) is 0 Å². The number of hydrogen-bond acceptors (Lipinski definition) is 3. The largest absolute Gasteiger partial charge is 0.416 e. The van der Waals surface area contributed by atoms with E-state index < -0.39 is 17.6 Å². The van der Waals surface area contributed by atoms with Gasteiger partial charge >= 0.3 is 6.18 Å². The van der Waals surface area contributed by atoms with Crippen molar-refractivity contribution in [3.63, 3.8) is 0 Å². The van der Waals surface area contributed by atoms with Gasteiger partial charge in [-0.05, 0) is 30.7 Å². The summed E-state index contributed by atoms with van der Waals surface area (Å²) in [6.45, 7) is 1.56. The number of nitrogens with zero attached hydrogens (tertiary/aromatic N) is 1. The maximum atomic E-state index is 12.6. The minimum atomic E-state index is -4.42. The Balaban J connectivity index is 1.90. The van der Waals surface area contributed by atoms with E-state index in [0.29, 0.717) is 5.71 Å². The number of alkyl halides is 3. The summed E-state index contributed by atoms with van der Waals surface area (Å²) < 4.78 is 37.8. The zero-order valence-electron chi connectivity index (χ0n) is 12.9. The lowest BCUT2D eigenvalue weighted by atomic mass is 10.1. The van der Waals surface area contributed by atoms with Gasteiger partial charge in [0.15, 0.2) is 0 Å². The van der Waals surface area contributed by atoms with Crippen LogP contribution in [0.2, 0.25) is 0 Å². The number of anilines is 1. The normalized spacial score (nSPS) is 11.9. The van der Waals surface area contributed by atoms with E-state index in [1.807, 2.05) is 30.3 Å². The van der Waals surface area contributed by atoms with E-state index in [0.717, 1.165) is 17.7 Å². The highest BCUT2D eigenvalue weighted by Gasteiger charge is 2.30. The van der Waals surface area contributed by atoms with Crippen LogP contribution in [0.3, 0.4) is 0 Å². The molecule has 4 nitrogen and oxygen atoms in total. The molecule has 0 unspecified atom stereocenters. The Kier molecular flexibility index (Phi) is 5.57. The van der Waals surface area contributed by atoms with E-state index in [9.17, 15) is 18.0 Å². The highest BCUT2D eigenvalue weighted by atomic mass is 19.4. The van der Waals surface area contributed by atoms with E-state index in [-0.39, 0.29) is 12.2 Å². The molecule has 0 heterocycles. The number of benzene rings is 2. The Morgan fingerprint density at radius 3 is 2.46 bits per heavy atom. The van der Waals surface area contributed by atoms with Gasteiger partial charge in [0.1, 0.15) is 0 Å². The van der Waals surface area contributed by atoms with Gasteiger partial charge in [-0.2, -0.15) is 18.3 Å². The molecule has 126 valence electrons. The molecule has 2 rings (SSSR count). The van der Waals surface area contributed by atoms with Gasteiger partial charge in [0.05, 0.1) is 17.8 Å². The number of amides is 1. The van der Waals surface area contributed by atoms with Crippen molar-refractivity contribution in [2.45, 2.75) is 13.1 Å². The van der Waals surface area contributed by atoms with Gasteiger partial charge in [0.25, 0.3) is 5.91 Å². The van der Waals surface area contributed by atoms with Crippen LogP contribution in [0, 0.1) is 0 Å². The Morgan fingerprint density at radius 1 is 1.08 bits per heavy atom. The summed E-state index contributed by atoms with van der Waals surface area (Å²) in [7, 11) is 0. The monoisotopic (exact) mass is 335 g/mol. The lowest BCUT2D eigenvalue weighted by Gasteiger charge is -2.10. The molecule has 0 atom stereocenters. The number of rotatable bonds is 5. The number of halogens is 3. The minimum absolute atomic E-state index is 0.188. The molecule has 0 aromatic heterocycles. The Bertz CT molecular complexity index is 727. The fourth-order valence-electron chi connectivity index (χ4n) is 1.92. The van der Waals surface area contributed by atoms with Crippen LogP contribution in [0.5, 0.6) is 0 Å². The van der Waals surface area contributed by atoms with Crippen LogP contribution in [0.15, 0.2) is 59.7 Å². The topological polar surface area (TPSA) is 53.5 Å². The van der Waals surface area contributed by atoms with Crippen molar-refractivity contribution in [2.24, 2.45) is 5.10 Å². The fourth-order valence-corrected chi connectivity index (χ4v) is 1.92. The summed E-state index contributed by atoms with van der Waals surface area (Å²) in [5.74, 6) is -0.456. The van der Waals surface area contributed by atoms with Gasteiger partial charge in [-0.1, -0.05) is 36.4 Å². The molecule has 7 heteroatoms. The predicted octanol–water partition coefficient (Wildman–Crippen LogP) is 3.66. The predicted molar refractivity (Wildman–Crippen MR) is 86.7 cm³/mol. The van der Waals surface area contributed by atoms with Crippen LogP contribution in [-0.2, 0) is 11.0 Å². The highest BCUT2D eigenvalue weighted by Crippen LogP contribution is 2.30. The molecular formula is C17H16F3N3O. The molecule has 1 amide bonds. The molecule has 0 bridgehead atoms. The lowest BCUT2D eigenvalue weighted by Crippen LogP contribution is -2.26. The van der Waals surface area contributed by atoms with Crippen molar-refractivity contribution in [2.75, 3.05) is 11.9 Å². The molecule has 0 radical (unpaired) electrons.